The molecule has 1 aliphatic heterocycles. The zero-order valence-corrected chi connectivity index (χ0v) is 16.8. The van der Waals surface area contributed by atoms with Crippen molar-refractivity contribution in [1.29, 1.82) is 5.53 Å². The molecule has 1 aliphatic carbocycles. The van der Waals surface area contributed by atoms with Crippen molar-refractivity contribution in [2.75, 3.05) is 19.6 Å². The molecule has 0 unspecified atom stereocenters. The first-order valence-corrected chi connectivity index (χ1v) is 10.5. The molecular formula is C22H27ClFN4+. The number of likely N-dealkylation sites (tertiary alicyclic amines) is 1. The lowest BCUT2D eigenvalue weighted by atomic mass is 10.0. The standard InChI is InChI=1S/C22H26ClFN4/c23-21-19(7-8-20(22(21)27-25)26-13-15-1-2-15)17-5-3-16(4-6-17)14-28-11-9-18(24)10-12-28/h3-8,15,18,25-26H,1-2,9-14H2/p+1. The summed E-state index contributed by atoms with van der Waals surface area (Å²) in [6, 6.07) is 12.4. The highest BCUT2D eigenvalue weighted by Crippen LogP contribution is 2.39. The molecule has 1 heterocycles. The Morgan fingerprint density at radius 1 is 1.07 bits per heavy atom. The average molecular weight is 402 g/mol. The molecule has 2 aliphatic rings. The highest BCUT2D eigenvalue weighted by atomic mass is 35.5. The van der Waals surface area contributed by atoms with Gasteiger partial charge in [0.25, 0.3) is 0 Å². The highest BCUT2D eigenvalue weighted by molar-refractivity contribution is 6.36. The van der Waals surface area contributed by atoms with E-state index in [-0.39, 0.29) is 0 Å². The van der Waals surface area contributed by atoms with Crippen molar-refractivity contribution < 1.29 is 9.71 Å². The Labute approximate surface area is 170 Å². The van der Waals surface area contributed by atoms with Crippen LogP contribution in [0.3, 0.4) is 0 Å². The molecule has 148 valence electrons. The van der Waals surface area contributed by atoms with E-state index in [2.05, 4.69) is 39.6 Å². The SMILES string of the molecule is N=Nc1c([NH2+]CC2CC2)ccc(-c2ccc(CN3CCC(F)CC3)cc2)c1Cl. The van der Waals surface area contributed by atoms with E-state index in [4.69, 9.17) is 17.1 Å². The van der Waals surface area contributed by atoms with Crippen LogP contribution in [0.5, 0.6) is 0 Å². The molecule has 28 heavy (non-hydrogen) atoms. The van der Waals surface area contributed by atoms with E-state index >= 15 is 0 Å². The maximum absolute atomic E-state index is 13.3. The molecule has 6 heteroatoms. The van der Waals surface area contributed by atoms with E-state index in [0.717, 1.165) is 48.9 Å². The predicted molar refractivity (Wildman–Crippen MR) is 110 cm³/mol. The lowest BCUT2D eigenvalue weighted by Gasteiger charge is -2.28. The molecule has 4 nitrogen and oxygen atoms in total. The van der Waals surface area contributed by atoms with Crippen molar-refractivity contribution in [1.82, 2.24) is 4.90 Å². The van der Waals surface area contributed by atoms with E-state index in [1.807, 2.05) is 12.1 Å². The van der Waals surface area contributed by atoms with Crippen LogP contribution in [0, 0.1) is 11.4 Å². The number of nitrogens with two attached hydrogens (primary N) is 1. The van der Waals surface area contributed by atoms with Gasteiger partial charge in [-0.15, -0.1) is 0 Å². The van der Waals surface area contributed by atoms with Gasteiger partial charge in [-0.1, -0.05) is 35.9 Å². The zero-order chi connectivity index (χ0) is 19.5. The maximum Gasteiger partial charge on any atom is 0.165 e. The second-order valence-electron chi connectivity index (χ2n) is 8.01. The summed E-state index contributed by atoms with van der Waals surface area (Å²) in [6.45, 7) is 3.53. The summed E-state index contributed by atoms with van der Waals surface area (Å²) in [5.41, 5.74) is 12.2. The van der Waals surface area contributed by atoms with Gasteiger partial charge in [-0.2, -0.15) is 5.11 Å². The second kappa shape index (κ2) is 8.68. The number of hydrogen-bond donors (Lipinski definition) is 2. The van der Waals surface area contributed by atoms with Crippen molar-refractivity contribution in [2.24, 2.45) is 11.0 Å². The molecule has 0 bridgehead atoms. The van der Waals surface area contributed by atoms with Crippen molar-refractivity contribution in [3.8, 4) is 11.1 Å². The van der Waals surface area contributed by atoms with Gasteiger partial charge in [0.2, 0.25) is 0 Å². The smallest absolute Gasteiger partial charge is 0.165 e. The van der Waals surface area contributed by atoms with Crippen molar-refractivity contribution in [3.63, 3.8) is 0 Å². The van der Waals surface area contributed by atoms with Crippen LogP contribution in [-0.2, 0) is 6.54 Å². The third kappa shape index (κ3) is 4.59. The van der Waals surface area contributed by atoms with Gasteiger partial charge < -0.3 is 5.32 Å². The van der Waals surface area contributed by atoms with Gasteiger partial charge in [-0.05, 0) is 42.9 Å². The summed E-state index contributed by atoms with van der Waals surface area (Å²) < 4.78 is 13.3. The fraction of sp³-hybridized carbons (Fsp3) is 0.455. The number of benzene rings is 2. The Hall–Kier alpha value is -1.82. The van der Waals surface area contributed by atoms with Gasteiger partial charge in [0.05, 0.1) is 11.6 Å². The molecular weight excluding hydrogens is 375 g/mol. The van der Waals surface area contributed by atoms with Gasteiger partial charge in [0.15, 0.2) is 11.4 Å². The fourth-order valence-electron chi connectivity index (χ4n) is 3.84. The van der Waals surface area contributed by atoms with Crippen LogP contribution in [0.4, 0.5) is 15.8 Å². The predicted octanol–water partition coefficient (Wildman–Crippen LogP) is 5.21. The lowest BCUT2D eigenvalue weighted by molar-refractivity contribution is -0.574. The summed E-state index contributed by atoms with van der Waals surface area (Å²) in [5.74, 6) is 0.792. The quantitative estimate of drug-likeness (QED) is 0.485. The van der Waals surface area contributed by atoms with Gasteiger partial charge in [0.1, 0.15) is 6.17 Å². The minimum absolute atomic E-state index is 0.539. The number of quaternary nitrogens is 1. The van der Waals surface area contributed by atoms with E-state index in [1.54, 1.807) is 0 Å². The molecule has 2 fully saturated rings. The van der Waals surface area contributed by atoms with Crippen molar-refractivity contribution >= 4 is 23.0 Å². The third-order valence-corrected chi connectivity index (χ3v) is 6.20. The Morgan fingerprint density at radius 3 is 2.43 bits per heavy atom. The molecule has 0 spiro atoms. The number of hydrogen-bond acceptors (Lipinski definition) is 3. The fourth-order valence-corrected chi connectivity index (χ4v) is 4.16. The Balaban J connectivity index is 1.47. The molecule has 2 aromatic rings. The molecule has 0 radical (unpaired) electrons. The molecule has 0 amide bonds. The Bertz CT molecular complexity index is 827. The summed E-state index contributed by atoms with van der Waals surface area (Å²) in [7, 11) is 0. The zero-order valence-electron chi connectivity index (χ0n) is 16.0. The first-order chi connectivity index (χ1) is 13.6. The molecule has 0 atom stereocenters. The Kier molecular flexibility index (Phi) is 6.04. The Morgan fingerprint density at radius 2 is 1.79 bits per heavy atom. The topological polar surface area (TPSA) is 56.1 Å². The highest BCUT2D eigenvalue weighted by Gasteiger charge is 2.25. The van der Waals surface area contributed by atoms with E-state index in [9.17, 15) is 4.39 Å². The first kappa shape index (κ1) is 19.5. The number of rotatable bonds is 7. The van der Waals surface area contributed by atoms with Crippen LogP contribution in [0.2, 0.25) is 5.02 Å². The number of nitrogens with one attached hydrogen (secondary N) is 1. The molecule has 0 aromatic heterocycles. The number of alkyl halides is 1. The largest absolute Gasteiger partial charge is 0.312 e. The van der Waals surface area contributed by atoms with Crippen LogP contribution < -0.4 is 5.32 Å². The lowest BCUT2D eigenvalue weighted by Crippen LogP contribution is -2.78. The third-order valence-electron chi connectivity index (χ3n) is 5.82. The number of halogens is 2. The first-order valence-electron chi connectivity index (χ1n) is 10.1. The van der Waals surface area contributed by atoms with Gasteiger partial charge >= 0.3 is 0 Å². The van der Waals surface area contributed by atoms with E-state index in [1.165, 1.54) is 18.4 Å². The average Bonchev–Trinajstić information content (AvgIpc) is 3.53. The van der Waals surface area contributed by atoms with Gasteiger partial charge in [-0.25, -0.2) is 9.92 Å². The normalized spacial score (nSPS) is 18.4. The summed E-state index contributed by atoms with van der Waals surface area (Å²) >= 11 is 6.61. The summed E-state index contributed by atoms with van der Waals surface area (Å²) in [4.78, 5) is 2.31. The van der Waals surface area contributed by atoms with Gasteiger partial charge in [-0.3, -0.25) is 4.90 Å². The van der Waals surface area contributed by atoms with Crippen LogP contribution in [-0.4, -0.2) is 30.7 Å². The number of piperidine rings is 1. The van der Waals surface area contributed by atoms with E-state index in [0.29, 0.717) is 23.6 Å². The molecule has 1 saturated carbocycles. The van der Waals surface area contributed by atoms with E-state index < -0.39 is 6.17 Å². The minimum atomic E-state index is -0.637. The van der Waals surface area contributed by atoms with Gasteiger partial charge in [0, 0.05) is 37.2 Å². The van der Waals surface area contributed by atoms with Crippen LogP contribution >= 0.6 is 11.6 Å². The summed E-state index contributed by atoms with van der Waals surface area (Å²) in [6.07, 6.45) is 3.23. The maximum atomic E-state index is 13.3. The van der Waals surface area contributed by atoms with Crippen LogP contribution in [0.25, 0.3) is 11.1 Å². The molecule has 4 rings (SSSR count). The monoisotopic (exact) mass is 401 g/mol. The minimum Gasteiger partial charge on any atom is -0.312 e. The molecule has 3 N–H and O–H groups in total. The number of nitrogens with zero attached hydrogens (tertiary/aromatic N) is 2. The molecule has 1 saturated heterocycles. The summed E-state index contributed by atoms with van der Waals surface area (Å²) in [5, 5.41) is 6.40. The van der Waals surface area contributed by atoms with Crippen LogP contribution in [0.1, 0.15) is 31.2 Å². The second-order valence-corrected chi connectivity index (χ2v) is 8.39. The molecule has 2 aromatic carbocycles. The van der Waals surface area contributed by atoms with Crippen LogP contribution in [0.15, 0.2) is 41.5 Å². The van der Waals surface area contributed by atoms with Crippen molar-refractivity contribution in [3.05, 3.63) is 47.0 Å². The van der Waals surface area contributed by atoms with Crippen molar-refractivity contribution in [2.45, 2.75) is 38.4 Å².